The Bertz CT molecular complexity index is 686. The Kier molecular flexibility index (Phi) is 4.22. The molecule has 0 fully saturated rings. The summed E-state index contributed by atoms with van der Waals surface area (Å²) in [5.74, 6) is 0. The van der Waals surface area contributed by atoms with Crippen molar-refractivity contribution in [1.29, 1.82) is 0 Å². The van der Waals surface area contributed by atoms with Gasteiger partial charge in [-0.3, -0.25) is 10.1 Å². The molecule has 0 spiro atoms. The molecule has 0 amide bonds. The standard InChI is InChI=1S/C14H10F3NO2S/c1-9-4-2-3-5-12(9)21-13-7-6-10(18(19)20)8-11(13)14(15,16)17/h2-8H,1H3. The summed E-state index contributed by atoms with van der Waals surface area (Å²) in [7, 11) is 0. The minimum absolute atomic E-state index is 0.0533. The van der Waals surface area contributed by atoms with E-state index in [9.17, 15) is 23.3 Å². The molecule has 2 aromatic rings. The summed E-state index contributed by atoms with van der Waals surface area (Å²) in [5.41, 5.74) is -0.726. The van der Waals surface area contributed by atoms with Crippen molar-refractivity contribution in [3.05, 3.63) is 63.7 Å². The zero-order valence-corrected chi connectivity index (χ0v) is 11.7. The molecule has 7 heteroatoms. The lowest BCUT2D eigenvalue weighted by atomic mass is 10.2. The van der Waals surface area contributed by atoms with Crippen molar-refractivity contribution in [2.24, 2.45) is 0 Å². The highest BCUT2D eigenvalue weighted by molar-refractivity contribution is 7.99. The summed E-state index contributed by atoms with van der Waals surface area (Å²) in [6.45, 7) is 1.79. The molecule has 0 aliphatic carbocycles. The number of nitrogens with zero attached hydrogens (tertiary/aromatic N) is 1. The third-order valence-electron chi connectivity index (χ3n) is 2.79. The van der Waals surface area contributed by atoms with Gasteiger partial charge < -0.3 is 0 Å². The number of rotatable bonds is 3. The first kappa shape index (κ1) is 15.4. The lowest BCUT2D eigenvalue weighted by Crippen LogP contribution is -2.07. The van der Waals surface area contributed by atoms with E-state index in [1.165, 1.54) is 0 Å². The average molecular weight is 313 g/mol. The summed E-state index contributed by atoms with van der Waals surface area (Å²) >= 11 is 0.946. The zero-order valence-electron chi connectivity index (χ0n) is 10.8. The van der Waals surface area contributed by atoms with Gasteiger partial charge in [0, 0.05) is 21.9 Å². The van der Waals surface area contributed by atoms with Gasteiger partial charge in [0.15, 0.2) is 0 Å². The van der Waals surface area contributed by atoms with Crippen molar-refractivity contribution in [3.8, 4) is 0 Å². The van der Waals surface area contributed by atoms with Crippen LogP contribution in [0, 0.1) is 17.0 Å². The van der Waals surface area contributed by atoms with E-state index in [1.807, 2.05) is 0 Å². The van der Waals surface area contributed by atoms with Crippen LogP contribution in [-0.4, -0.2) is 4.92 Å². The molecule has 2 rings (SSSR count). The zero-order chi connectivity index (χ0) is 15.6. The van der Waals surface area contributed by atoms with Crippen molar-refractivity contribution >= 4 is 17.4 Å². The van der Waals surface area contributed by atoms with Gasteiger partial charge in [0.2, 0.25) is 0 Å². The maximum Gasteiger partial charge on any atom is 0.417 e. The van der Waals surface area contributed by atoms with E-state index in [-0.39, 0.29) is 4.90 Å². The molecule has 0 atom stereocenters. The molecule has 0 aromatic heterocycles. The largest absolute Gasteiger partial charge is 0.417 e. The third-order valence-corrected chi connectivity index (χ3v) is 4.05. The Balaban J connectivity index is 2.48. The molecule has 21 heavy (non-hydrogen) atoms. The maximum atomic E-state index is 13.1. The quantitative estimate of drug-likeness (QED) is 0.586. The van der Waals surface area contributed by atoms with Gasteiger partial charge >= 0.3 is 6.18 Å². The SMILES string of the molecule is Cc1ccccc1Sc1ccc([N+](=O)[O-])cc1C(F)(F)F. The molecule has 0 saturated heterocycles. The summed E-state index contributed by atoms with van der Waals surface area (Å²) in [6, 6.07) is 9.81. The fourth-order valence-electron chi connectivity index (χ4n) is 1.73. The first-order valence-corrected chi connectivity index (χ1v) is 6.70. The molecular weight excluding hydrogens is 303 g/mol. The Morgan fingerprint density at radius 2 is 1.76 bits per heavy atom. The van der Waals surface area contributed by atoms with Crippen LogP contribution < -0.4 is 0 Å². The predicted molar refractivity (Wildman–Crippen MR) is 73.4 cm³/mol. The van der Waals surface area contributed by atoms with Crippen LogP contribution in [0.1, 0.15) is 11.1 Å². The summed E-state index contributed by atoms with van der Waals surface area (Å²) in [4.78, 5) is 10.4. The number of nitro benzene ring substituents is 1. The third kappa shape index (κ3) is 3.55. The number of halogens is 3. The smallest absolute Gasteiger partial charge is 0.258 e. The van der Waals surface area contributed by atoms with Crippen molar-refractivity contribution in [1.82, 2.24) is 0 Å². The van der Waals surface area contributed by atoms with Crippen LogP contribution in [0.5, 0.6) is 0 Å². The van der Waals surface area contributed by atoms with Crippen LogP contribution in [0.4, 0.5) is 18.9 Å². The second-order valence-electron chi connectivity index (χ2n) is 4.30. The predicted octanol–water partition coefficient (Wildman–Crippen LogP) is 5.07. The molecule has 3 nitrogen and oxygen atoms in total. The molecule has 0 bridgehead atoms. The number of hydrogen-bond acceptors (Lipinski definition) is 3. The van der Waals surface area contributed by atoms with E-state index in [1.54, 1.807) is 31.2 Å². The molecular formula is C14H10F3NO2S. The molecule has 0 N–H and O–H groups in total. The van der Waals surface area contributed by atoms with Gasteiger partial charge in [-0.05, 0) is 24.6 Å². The number of aryl methyl sites for hydroxylation is 1. The van der Waals surface area contributed by atoms with Crippen LogP contribution in [0.25, 0.3) is 0 Å². The Labute approximate surface area is 122 Å². The highest BCUT2D eigenvalue weighted by atomic mass is 32.2. The van der Waals surface area contributed by atoms with Crippen LogP contribution in [0.3, 0.4) is 0 Å². The van der Waals surface area contributed by atoms with Crippen LogP contribution in [-0.2, 0) is 6.18 Å². The topological polar surface area (TPSA) is 43.1 Å². The molecule has 0 saturated carbocycles. The minimum Gasteiger partial charge on any atom is -0.258 e. The van der Waals surface area contributed by atoms with Crippen molar-refractivity contribution in [2.75, 3.05) is 0 Å². The number of hydrogen-bond donors (Lipinski definition) is 0. The van der Waals surface area contributed by atoms with Gasteiger partial charge in [-0.25, -0.2) is 0 Å². The van der Waals surface area contributed by atoms with Gasteiger partial charge in [0.05, 0.1) is 10.5 Å². The van der Waals surface area contributed by atoms with E-state index < -0.39 is 22.4 Å². The Morgan fingerprint density at radius 3 is 2.33 bits per heavy atom. The monoisotopic (exact) mass is 313 g/mol. The molecule has 0 unspecified atom stereocenters. The highest BCUT2D eigenvalue weighted by Gasteiger charge is 2.35. The van der Waals surface area contributed by atoms with Crippen molar-refractivity contribution < 1.29 is 18.1 Å². The highest BCUT2D eigenvalue weighted by Crippen LogP contribution is 2.41. The molecule has 0 radical (unpaired) electrons. The van der Waals surface area contributed by atoms with E-state index >= 15 is 0 Å². The van der Waals surface area contributed by atoms with E-state index in [0.29, 0.717) is 11.0 Å². The van der Waals surface area contributed by atoms with Crippen LogP contribution in [0.2, 0.25) is 0 Å². The molecule has 0 aliphatic heterocycles. The summed E-state index contributed by atoms with van der Waals surface area (Å²) in [5, 5.41) is 10.6. The Morgan fingerprint density at radius 1 is 1.10 bits per heavy atom. The fraction of sp³-hybridized carbons (Fsp3) is 0.143. The molecule has 0 aliphatic rings. The number of alkyl halides is 3. The second-order valence-corrected chi connectivity index (χ2v) is 5.39. The average Bonchev–Trinajstić information content (AvgIpc) is 2.40. The number of benzene rings is 2. The molecule has 2 aromatic carbocycles. The van der Waals surface area contributed by atoms with Crippen molar-refractivity contribution in [2.45, 2.75) is 22.9 Å². The number of non-ortho nitro benzene ring substituents is 1. The van der Waals surface area contributed by atoms with Gasteiger partial charge in [-0.2, -0.15) is 13.2 Å². The van der Waals surface area contributed by atoms with Crippen LogP contribution >= 0.6 is 11.8 Å². The lowest BCUT2D eigenvalue weighted by molar-refractivity contribution is -0.385. The maximum absolute atomic E-state index is 13.1. The van der Waals surface area contributed by atoms with Gasteiger partial charge in [-0.15, -0.1) is 0 Å². The normalized spacial score (nSPS) is 11.4. The molecule has 110 valence electrons. The Hall–Kier alpha value is -2.02. The first-order chi connectivity index (χ1) is 9.79. The second kappa shape index (κ2) is 5.77. The van der Waals surface area contributed by atoms with E-state index in [4.69, 9.17) is 0 Å². The first-order valence-electron chi connectivity index (χ1n) is 5.88. The van der Waals surface area contributed by atoms with E-state index in [2.05, 4.69) is 0 Å². The summed E-state index contributed by atoms with van der Waals surface area (Å²) in [6.07, 6.45) is -4.64. The summed E-state index contributed by atoms with van der Waals surface area (Å²) < 4.78 is 39.2. The minimum atomic E-state index is -4.64. The van der Waals surface area contributed by atoms with Gasteiger partial charge in [-0.1, -0.05) is 30.0 Å². The lowest BCUT2D eigenvalue weighted by Gasteiger charge is -2.13. The van der Waals surface area contributed by atoms with E-state index in [0.717, 1.165) is 29.5 Å². The van der Waals surface area contributed by atoms with Crippen LogP contribution in [0.15, 0.2) is 52.3 Å². The fourth-order valence-corrected chi connectivity index (χ4v) is 2.76. The number of nitro groups is 1. The molecule has 0 heterocycles. The van der Waals surface area contributed by atoms with Crippen molar-refractivity contribution in [3.63, 3.8) is 0 Å². The van der Waals surface area contributed by atoms with Gasteiger partial charge in [0.25, 0.3) is 5.69 Å². The van der Waals surface area contributed by atoms with Gasteiger partial charge in [0.1, 0.15) is 0 Å².